The molecule has 1 aliphatic carbocycles. The van der Waals surface area contributed by atoms with Crippen LogP contribution in [0.25, 0.3) is 0 Å². The molecule has 1 fully saturated rings. The van der Waals surface area contributed by atoms with Crippen molar-refractivity contribution in [1.82, 2.24) is 10.3 Å². The van der Waals surface area contributed by atoms with E-state index in [-0.39, 0.29) is 5.91 Å². The SMILES string of the molecule is Cc1nc(C(C)C)c(C(=O)NC2CCCCC2)s1. The Hall–Kier alpha value is -0.900. The van der Waals surface area contributed by atoms with Crippen molar-refractivity contribution in [2.75, 3.05) is 0 Å². The van der Waals surface area contributed by atoms with Gasteiger partial charge in [-0.25, -0.2) is 4.98 Å². The molecule has 1 aromatic rings. The monoisotopic (exact) mass is 266 g/mol. The summed E-state index contributed by atoms with van der Waals surface area (Å²) in [6.45, 7) is 6.14. The Bertz CT molecular complexity index is 419. The van der Waals surface area contributed by atoms with E-state index in [4.69, 9.17) is 0 Å². The summed E-state index contributed by atoms with van der Waals surface area (Å²) in [7, 11) is 0. The summed E-state index contributed by atoms with van der Waals surface area (Å²) >= 11 is 1.52. The molecule has 0 radical (unpaired) electrons. The zero-order valence-electron chi connectivity index (χ0n) is 11.5. The predicted octanol–water partition coefficient (Wildman–Crippen LogP) is 3.64. The van der Waals surface area contributed by atoms with Crippen LogP contribution in [0.1, 0.15) is 72.2 Å². The molecule has 0 aliphatic heterocycles. The van der Waals surface area contributed by atoms with Crippen LogP contribution in [0.5, 0.6) is 0 Å². The van der Waals surface area contributed by atoms with Crippen LogP contribution in [0.3, 0.4) is 0 Å². The molecular weight excluding hydrogens is 244 g/mol. The maximum Gasteiger partial charge on any atom is 0.263 e. The van der Waals surface area contributed by atoms with Gasteiger partial charge in [0, 0.05) is 6.04 Å². The van der Waals surface area contributed by atoms with Gasteiger partial charge < -0.3 is 5.32 Å². The Morgan fingerprint density at radius 1 is 1.33 bits per heavy atom. The molecule has 1 aliphatic rings. The Kier molecular flexibility index (Phi) is 4.38. The second kappa shape index (κ2) is 5.83. The minimum atomic E-state index is 0.0798. The van der Waals surface area contributed by atoms with Gasteiger partial charge in [0.1, 0.15) is 4.88 Å². The highest BCUT2D eigenvalue weighted by Gasteiger charge is 2.22. The Labute approximate surface area is 113 Å². The maximum atomic E-state index is 12.3. The lowest BCUT2D eigenvalue weighted by atomic mass is 9.95. The number of amides is 1. The van der Waals surface area contributed by atoms with Gasteiger partial charge in [-0.2, -0.15) is 0 Å². The van der Waals surface area contributed by atoms with E-state index in [9.17, 15) is 4.79 Å². The molecule has 0 bridgehead atoms. The van der Waals surface area contributed by atoms with Crippen molar-refractivity contribution < 1.29 is 4.79 Å². The van der Waals surface area contributed by atoms with Crippen molar-refractivity contribution in [2.45, 2.75) is 64.8 Å². The fourth-order valence-corrected chi connectivity index (χ4v) is 3.47. The summed E-state index contributed by atoms with van der Waals surface area (Å²) in [5.41, 5.74) is 0.950. The number of hydrogen-bond donors (Lipinski definition) is 1. The number of nitrogens with one attached hydrogen (secondary N) is 1. The number of thiazole rings is 1. The molecule has 0 saturated heterocycles. The lowest BCUT2D eigenvalue weighted by molar-refractivity contribution is 0.0930. The summed E-state index contributed by atoms with van der Waals surface area (Å²) in [6.07, 6.45) is 6.04. The standard InChI is InChI=1S/C14H22N2OS/c1-9(2)12-13(18-10(3)15-12)14(17)16-11-7-5-4-6-8-11/h9,11H,4-8H2,1-3H3,(H,16,17). The van der Waals surface area contributed by atoms with Gasteiger partial charge in [0.2, 0.25) is 0 Å². The van der Waals surface area contributed by atoms with Gasteiger partial charge in [-0.3, -0.25) is 4.79 Å². The van der Waals surface area contributed by atoms with Gasteiger partial charge in [0.15, 0.2) is 0 Å². The van der Waals surface area contributed by atoms with Crippen LogP contribution < -0.4 is 5.32 Å². The molecule has 1 aromatic heterocycles. The highest BCUT2D eigenvalue weighted by molar-refractivity contribution is 7.13. The molecule has 1 amide bonds. The fourth-order valence-electron chi connectivity index (χ4n) is 2.50. The molecule has 0 unspecified atom stereocenters. The van der Waals surface area contributed by atoms with Crippen molar-refractivity contribution in [3.63, 3.8) is 0 Å². The van der Waals surface area contributed by atoms with E-state index in [2.05, 4.69) is 24.1 Å². The summed E-state index contributed by atoms with van der Waals surface area (Å²) in [6, 6.07) is 0.369. The van der Waals surface area contributed by atoms with Crippen molar-refractivity contribution in [3.05, 3.63) is 15.6 Å². The molecule has 1 saturated carbocycles. The molecule has 0 aromatic carbocycles. The van der Waals surface area contributed by atoms with Gasteiger partial charge in [-0.05, 0) is 25.7 Å². The third-order valence-electron chi connectivity index (χ3n) is 3.45. The van der Waals surface area contributed by atoms with E-state index < -0.39 is 0 Å². The minimum absolute atomic E-state index is 0.0798. The van der Waals surface area contributed by atoms with Crippen molar-refractivity contribution in [2.24, 2.45) is 0 Å². The van der Waals surface area contributed by atoms with Crippen molar-refractivity contribution in [3.8, 4) is 0 Å². The van der Waals surface area contributed by atoms with Gasteiger partial charge >= 0.3 is 0 Å². The van der Waals surface area contributed by atoms with Gasteiger partial charge in [-0.1, -0.05) is 33.1 Å². The first-order valence-corrected chi connectivity index (χ1v) is 7.67. The number of rotatable bonds is 3. The quantitative estimate of drug-likeness (QED) is 0.907. The van der Waals surface area contributed by atoms with Crippen LogP contribution in [-0.2, 0) is 0 Å². The zero-order valence-corrected chi connectivity index (χ0v) is 12.3. The number of carbonyl (C=O) groups excluding carboxylic acids is 1. The second-order valence-electron chi connectivity index (χ2n) is 5.41. The Morgan fingerprint density at radius 2 is 2.00 bits per heavy atom. The average molecular weight is 266 g/mol. The molecule has 0 spiro atoms. The molecule has 2 rings (SSSR count). The van der Waals surface area contributed by atoms with E-state index in [0.717, 1.165) is 28.4 Å². The minimum Gasteiger partial charge on any atom is -0.349 e. The average Bonchev–Trinajstić information content (AvgIpc) is 2.73. The van der Waals surface area contributed by atoms with Gasteiger partial charge in [-0.15, -0.1) is 11.3 Å². The van der Waals surface area contributed by atoms with Crippen LogP contribution >= 0.6 is 11.3 Å². The number of aromatic nitrogens is 1. The first-order chi connectivity index (χ1) is 8.58. The van der Waals surface area contributed by atoms with E-state index in [1.165, 1.54) is 30.6 Å². The second-order valence-corrected chi connectivity index (χ2v) is 6.61. The van der Waals surface area contributed by atoms with Crippen LogP contribution in [-0.4, -0.2) is 16.9 Å². The molecule has 3 nitrogen and oxygen atoms in total. The highest BCUT2D eigenvalue weighted by atomic mass is 32.1. The first kappa shape index (κ1) is 13.5. The van der Waals surface area contributed by atoms with Gasteiger partial charge in [0.05, 0.1) is 10.7 Å². The molecule has 1 N–H and O–H groups in total. The van der Waals surface area contributed by atoms with Gasteiger partial charge in [0.25, 0.3) is 5.91 Å². The summed E-state index contributed by atoms with van der Waals surface area (Å²) < 4.78 is 0. The van der Waals surface area contributed by atoms with Crippen LogP contribution in [0.2, 0.25) is 0 Å². The molecule has 100 valence electrons. The third kappa shape index (κ3) is 3.10. The smallest absolute Gasteiger partial charge is 0.263 e. The summed E-state index contributed by atoms with van der Waals surface area (Å²) in [5, 5.41) is 4.15. The molecule has 18 heavy (non-hydrogen) atoms. The molecule has 0 atom stereocenters. The van der Waals surface area contributed by atoms with Crippen LogP contribution in [0.15, 0.2) is 0 Å². The summed E-state index contributed by atoms with van der Waals surface area (Å²) in [4.78, 5) is 17.6. The van der Waals surface area contributed by atoms with Crippen molar-refractivity contribution in [1.29, 1.82) is 0 Å². The number of carbonyl (C=O) groups is 1. The molecular formula is C14H22N2OS. The van der Waals surface area contributed by atoms with E-state index in [1.54, 1.807) is 0 Å². The third-order valence-corrected chi connectivity index (χ3v) is 4.44. The van der Waals surface area contributed by atoms with Crippen molar-refractivity contribution >= 4 is 17.2 Å². The molecule has 1 heterocycles. The van der Waals surface area contributed by atoms with E-state index >= 15 is 0 Å². The number of aryl methyl sites for hydroxylation is 1. The Morgan fingerprint density at radius 3 is 2.61 bits per heavy atom. The van der Waals surface area contributed by atoms with Crippen LogP contribution in [0.4, 0.5) is 0 Å². The lowest BCUT2D eigenvalue weighted by Crippen LogP contribution is -2.36. The normalized spacial score (nSPS) is 17.1. The zero-order chi connectivity index (χ0) is 13.1. The largest absolute Gasteiger partial charge is 0.349 e. The maximum absolute atomic E-state index is 12.3. The fraction of sp³-hybridized carbons (Fsp3) is 0.714. The van der Waals surface area contributed by atoms with E-state index in [1.807, 2.05) is 6.92 Å². The number of hydrogen-bond acceptors (Lipinski definition) is 3. The summed E-state index contributed by atoms with van der Waals surface area (Å²) in [5.74, 6) is 0.387. The Balaban J connectivity index is 2.08. The topological polar surface area (TPSA) is 42.0 Å². The van der Waals surface area contributed by atoms with Crippen LogP contribution in [0, 0.1) is 6.92 Å². The highest BCUT2D eigenvalue weighted by Crippen LogP contribution is 2.25. The van der Waals surface area contributed by atoms with E-state index in [0.29, 0.717) is 12.0 Å². The number of nitrogens with zero attached hydrogens (tertiary/aromatic N) is 1. The first-order valence-electron chi connectivity index (χ1n) is 6.86. The lowest BCUT2D eigenvalue weighted by Gasteiger charge is -2.22. The molecule has 4 heteroatoms. The predicted molar refractivity (Wildman–Crippen MR) is 75.3 cm³/mol.